The van der Waals surface area contributed by atoms with Crippen LogP contribution in [0.5, 0.6) is 17.5 Å². The quantitative estimate of drug-likeness (QED) is 0.164. The molecule has 1 N–H and O–H groups in total. The maximum Gasteiger partial charge on any atom is 0.491 e. The summed E-state index contributed by atoms with van der Waals surface area (Å²) in [5.74, 6) is -2.17. The Morgan fingerprint density at radius 3 is 2.46 bits per heavy atom. The predicted molar refractivity (Wildman–Crippen MR) is 145 cm³/mol. The number of halogens is 5. The number of benzene rings is 3. The fourth-order valence-electron chi connectivity index (χ4n) is 3.51. The summed E-state index contributed by atoms with van der Waals surface area (Å²) in [6.07, 6.45) is -5.24. The van der Waals surface area contributed by atoms with Crippen LogP contribution in [0.1, 0.15) is 12.5 Å². The first-order valence-corrected chi connectivity index (χ1v) is 12.6. The van der Waals surface area contributed by atoms with Gasteiger partial charge in [-0.05, 0) is 69.0 Å². The third-order valence-electron chi connectivity index (χ3n) is 5.92. The van der Waals surface area contributed by atoms with Crippen molar-refractivity contribution < 1.29 is 36.6 Å². The van der Waals surface area contributed by atoms with E-state index in [9.17, 15) is 22.4 Å². The van der Waals surface area contributed by atoms with Gasteiger partial charge in [-0.15, -0.1) is 0 Å². The molecule has 4 aromatic rings. The van der Waals surface area contributed by atoms with Crippen LogP contribution >= 0.6 is 11.6 Å². The fourth-order valence-corrected chi connectivity index (χ4v) is 3.74. The average Bonchev–Trinajstić information content (AvgIpc) is 2.90. The maximum absolute atomic E-state index is 13.5. The number of carbonyl (C=O) groups excluding carboxylic acids is 1. The Kier molecular flexibility index (Phi) is 9.14. The van der Waals surface area contributed by atoms with Gasteiger partial charge in [0.15, 0.2) is 0 Å². The second kappa shape index (κ2) is 12.6. The number of hydrogen-bond acceptors (Lipinski definition) is 8. The molecule has 0 radical (unpaired) electrons. The topological polar surface area (TPSA) is 85.8 Å². The summed E-state index contributed by atoms with van der Waals surface area (Å²) in [4.78, 5) is 21.5. The number of rotatable bonds is 10. The maximum atomic E-state index is 13.5. The second-order valence-electron chi connectivity index (χ2n) is 9.20. The summed E-state index contributed by atoms with van der Waals surface area (Å²) >= 11 is 6.41. The zero-order chi connectivity index (χ0) is 29.7. The lowest BCUT2D eigenvalue weighted by molar-refractivity contribution is -0.190. The van der Waals surface area contributed by atoms with Crippen LogP contribution in [0.2, 0.25) is 5.02 Å². The van der Waals surface area contributed by atoms with E-state index in [0.29, 0.717) is 34.7 Å². The van der Waals surface area contributed by atoms with E-state index in [1.807, 2.05) is 25.9 Å². The van der Waals surface area contributed by atoms with Crippen molar-refractivity contribution in [1.82, 2.24) is 14.9 Å². The van der Waals surface area contributed by atoms with Crippen LogP contribution < -0.4 is 19.5 Å². The highest BCUT2D eigenvalue weighted by molar-refractivity contribution is 6.32. The molecular weight excluding hydrogens is 568 g/mol. The number of carbonyl (C=O) groups is 1. The predicted octanol–water partition coefficient (Wildman–Crippen LogP) is 6.54. The second-order valence-corrected chi connectivity index (χ2v) is 9.61. The summed E-state index contributed by atoms with van der Waals surface area (Å²) in [7, 11) is 3.79. The molecule has 0 aliphatic rings. The van der Waals surface area contributed by atoms with Crippen LogP contribution in [0.25, 0.3) is 10.9 Å². The standard InChI is InChI=1S/C28H25ClF4N4O4/c1-16(37(2)3)14-39-23-9-5-8-21-24(23)25(36-27(35-21)41-26(38)28(31,32)33)34-19-10-11-22(20(29)13-19)40-15-17-6-4-7-18(30)12-17/h4-13,16H,14-15H2,1-3H3,(H,34,35,36). The molecule has 1 heterocycles. The van der Waals surface area contributed by atoms with Crippen molar-refractivity contribution in [2.75, 3.05) is 26.0 Å². The summed E-state index contributed by atoms with van der Waals surface area (Å²) in [6, 6.07) is 14.6. The molecule has 216 valence electrons. The van der Waals surface area contributed by atoms with Crippen LogP contribution in [0.3, 0.4) is 0 Å². The van der Waals surface area contributed by atoms with Gasteiger partial charge in [0.2, 0.25) is 0 Å². The summed E-state index contributed by atoms with van der Waals surface area (Å²) in [5.41, 5.74) is 1.16. The first kappa shape index (κ1) is 29.8. The Balaban J connectivity index is 1.66. The highest BCUT2D eigenvalue weighted by atomic mass is 35.5. The molecule has 8 nitrogen and oxygen atoms in total. The van der Waals surface area contributed by atoms with E-state index in [1.165, 1.54) is 24.3 Å². The van der Waals surface area contributed by atoms with Gasteiger partial charge in [-0.25, -0.2) is 9.18 Å². The van der Waals surface area contributed by atoms with E-state index >= 15 is 0 Å². The van der Waals surface area contributed by atoms with Gasteiger partial charge in [-0.3, -0.25) is 0 Å². The van der Waals surface area contributed by atoms with Crippen LogP contribution in [-0.2, 0) is 11.4 Å². The zero-order valence-electron chi connectivity index (χ0n) is 22.1. The number of fused-ring (bicyclic) bond motifs is 1. The van der Waals surface area contributed by atoms with Crippen molar-refractivity contribution >= 4 is 40.0 Å². The van der Waals surface area contributed by atoms with Gasteiger partial charge < -0.3 is 24.4 Å². The Labute approximate surface area is 237 Å². The molecular formula is C28H25ClF4N4O4. The smallest absolute Gasteiger partial charge is 0.491 e. The van der Waals surface area contributed by atoms with Gasteiger partial charge in [0.25, 0.3) is 0 Å². The molecule has 0 aliphatic heterocycles. The molecule has 13 heteroatoms. The number of likely N-dealkylation sites (N-methyl/N-ethyl adjacent to an activating group) is 1. The van der Waals surface area contributed by atoms with E-state index < -0.39 is 24.0 Å². The Hall–Kier alpha value is -4.16. The molecule has 0 amide bonds. The lowest BCUT2D eigenvalue weighted by Gasteiger charge is -2.21. The first-order chi connectivity index (χ1) is 19.4. The third-order valence-corrected chi connectivity index (χ3v) is 6.21. The van der Waals surface area contributed by atoms with Gasteiger partial charge in [-0.2, -0.15) is 23.1 Å². The van der Waals surface area contributed by atoms with Crippen molar-refractivity contribution in [3.8, 4) is 17.5 Å². The third kappa shape index (κ3) is 7.74. The van der Waals surface area contributed by atoms with Gasteiger partial charge in [0, 0.05) is 11.7 Å². The molecule has 41 heavy (non-hydrogen) atoms. The molecule has 0 saturated carbocycles. The van der Waals surface area contributed by atoms with Crippen LogP contribution in [-0.4, -0.2) is 53.8 Å². The van der Waals surface area contributed by atoms with Gasteiger partial charge >= 0.3 is 18.2 Å². The molecule has 0 spiro atoms. The minimum absolute atomic E-state index is 0.0116. The van der Waals surface area contributed by atoms with Crippen LogP contribution in [0, 0.1) is 5.82 Å². The molecule has 0 saturated heterocycles. The van der Waals surface area contributed by atoms with E-state index in [2.05, 4.69) is 20.0 Å². The van der Waals surface area contributed by atoms with E-state index in [0.717, 1.165) is 0 Å². The molecule has 3 aromatic carbocycles. The van der Waals surface area contributed by atoms with Crippen molar-refractivity contribution in [3.05, 3.63) is 77.1 Å². The van der Waals surface area contributed by atoms with Gasteiger partial charge in [-0.1, -0.05) is 29.8 Å². The van der Waals surface area contributed by atoms with Gasteiger partial charge in [0.1, 0.15) is 36.3 Å². The van der Waals surface area contributed by atoms with Crippen LogP contribution in [0.15, 0.2) is 60.7 Å². The number of hydrogen-bond donors (Lipinski definition) is 1. The van der Waals surface area contributed by atoms with Gasteiger partial charge in [0.05, 0.1) is 15.9 Å². The lowest BCUT2D eigenvalue weighted by Crippen LogP contribution is -2.30. The van der Waals surface area contributed by atoms with E-state index in [4.69, 9.17) is 21.1 Å². The minimum atomic E-state index is -5.24. The number of esters is 1. The SMILES string of the molecule is CC(COc1cccc2nc(OC(=O)C(F)(F)F)nc(Nc3ccc(OCc4cccc(F)c4)c(Cl)c3)c12)N(C)C. The Morgan fingerprint density at radius 2 is 1.78 bits per heavy atom. The van der Waals surface area contributed by atoms with Crippen LogP contribution in [0.4, 0.5) is 29.1 Å². The number of alkyl halides is 3. The summed E-state index contributed by atoms with van der Waals surface area (Å²) < 4.78 is 68.1. The molecule has 0 aliphatic carbocycles. The van der Waals surface area contributed by atoms with E-state index in [1.54, 1.807) is 36.4 Å². The highest BCUT2D eigenvalue weighted by Crippen LogP contribution is 2.36. The average molecular weight is 593 g/mol. The van der Waals surface area contributed by atoms with Crippen molar-refractivity contribution in [1.29, 1.82) is 0 Å². The fraction of sp³-hybridized carbons (Fsp3) is 0.250. The molecule has 1 atom stereocenters. The Morgan fingerprint density at radius 1 is 1.02 bits per heavy atom. The first-order valence-electron chi connectivity index (χ1n) is 12.2. The molecule has 4 rings (SSSR count). The molecule has 1 aromatic heterocycles. The normalized spacial score (nSPS) is 12.3. The highest BCUT2D eigenvalue weighted by Gasteiger charge is 2.42. The molecule has 0 fully saturated rings. The number of nitrogens with zero attached hydrogens (tertiary/aromatic N) is 3. The lowest BCUT2D eigenvalue weighted by atomic mass is 10.2. The molecule has 1 unspecified atom stereocenters. The Bertz CT molecular complexity index is 1550. The van der Waals surface area contributed by atoms with E-state index in [-0.39, 0.29) is 29.0 Å². The summed E-state index contributed by atoms with van der Waals surface area (Å²) in [5, 5.41) is 3.54. The van der Waals surface area contributed by atoms with Crippen molar-refractivity contribution in [3.63, 3.8) is 0 Å². The number of ether oxygens (including phenoxy) is 3. The largest absolute Gasteiger partial charge is 0.491 e. The van der Waals surface area contributed by atoms with Crippen molar-refractivity contribution in [2.24, 2.45) is 0 Å². The number of aromatic nitrogens is 2. The molecule has 0 bridgehead atoms. The summed E-state index contributed by atoms with van der Waals surface area (Å²) in [6.45, 7) is 2.32. The monoisotopic (exact) mass is 592 g/mol. The van der Waals surface area contributed by atoms with Crippen molar-refractivity contribution in [2.45, 2.75) is 25.7 Å². The number of anilines is 2. The zero-order valence-corrected chi connectivity index (χ0v) is 22.9. The number of nitrogens with one attached hydrogen (secondary N) is 1. The minimum Gasteiger partial charge on any atom is -0.491 e.